The van der Waals surface area contributed by atoms with Crippen molar-refractivity contribution in [1.82, 2.24) is 10.2 Å². The molecule has 5 nitrogen and oxygen atoms in total. The van der Waals surface area contributed by atoms with Gasteiger partial charge in [0.15, 0.2) is 10.9 Å². The molecule has 0 radical (unpaired) electrons. The van der Waals surface area contributed by atoms with E-state index in [1.807, 2.05) is 67.4 Å². The van der Waals surface area contributed by atoms with E-state index in [9.17, 15) is 4.79 Å². The first-order valence-corrected chi connectivity index (χ1v) is 8.95. The van der Waals surface area contributed by atoms with Crippen molar-refractivity contribution in [2.75, 3.05) is 21.3 Å². The number of carbonyl (C=O) groups excluding carboxylic acids is 1. The smallest absolute Gasteiger partial charge is 0.193 e. The molecule has 0 saturated heterocycles. The van der Waals surface area contributed by atoms with Gasteiger partial charge in [-0.3, -0.25) is 4.79 Å². The van der Waals surface area contributed by atoms with Crippen molar-refractivity contribution in [2.45, 2.75) is 13.0 Å². The topological polar surface area (TPSA) is 50.8 Å². The average molecular weight is 382 g/mol. The Morgan fingerprint density at radius 1 is 1.11 bits per heavy atom. The van der Waals surface area contributed by atoms with Crippen LogP contribution in [0.15, 0.2) is 59.8 Å². The van der Waals surface area contributed by atoms with E-state index in [1.54, 1.807) is 14.2 Å². The van der Waals surface area contributed by atoms with Gasteiger partial charge in [0, 0.05) is 29.4 Å². The zero-order valence-corrected chi connectivity index (χ0v) is 16.6. The Bertz CT molecular complexity index is 909. The van der Waals surface area contributed by atoms with Crippen LogP contribution in [-0.2, 0) is 0 Å². The SMILES string of the molecule is COc1ccc(OC)c(C2NC(=S)N(C)C(C)=C2C(=O)c2ccccc2)c1. The number of nitrogens with zero attached hydrogens (tertiary/aromatic N) is 1. The maximum atomic E-state index is 13.4. The fourth-order valence-corrected chi connectivity index (χ4v) is 3.43. The first-order chi connectivity index (χ1) is 13.0. The fourth-order valence-electron chi connectivity index (χ4n) is 3.17. The van der Waals surface area contributed by atoms with Crippen LogP contribution in [0.3, 0.4) is 0 Å². The van der Waals surface area contributed by atoms with Gasteiger partial charge in [-0.05, 0) is 37.3 Å². The zero-order valence-electron chi connectivity index (χ0n) is 15.8. The minimum atomic E-state index is -0.438. The van der Waals surface area contributed by atoms with Gasteiger partial charge in [-0.2, -0.15) is 0 Å². The Balaban J connectivity index is 2.18. The molecule has 27 heavy (non-hydrogen) atoms. The highest BCUT2D eigenvalue weighted by Crippen LogP contribution is 2.38. The van der Waals surface area contributed by atoms with Gasteiger partial charge in [0.1, 0.15) is 11.5 Å². The van der Waals surface area contributed by atoms with E-state index in [1.165, 1.54) is 0 Å². The normalized spacial score (nSPS) is 16.8. The van der Waals surface area contributed by atoms with Crippen molar-refractivity contribution in [3.8, 4) is 11.5 Å². The van der Waals surface area contributed by atoms with Gasteiger partial charge < -0.3 is 19.7 Å². The summed E-state index contributed by atoms with van der Waals surface area (Å²) in [5, 5.41) is 3.83. The maximum absolute atomic E-state index is 13.4. The molecule has 2 aromatic carbocycles. The van der Waals surface area contributed by atoms with Crippen LogP contribution in [0.2, 0.25) is 0 Å². The summed E-state index contributed by atoms with van der Waals surface area (Å²) in [6.45, 7) is 1.91. The van der Waals surface area contributed by atoms with Crippen molar-refractivity contribution < 1.29 is 14.3 Å². The summed E-state index contributed by atoms with van der Waals surface area (Å²) in [6.07, 6.45) is 0. The molecule has 0 fully saturated rings. The van der Waals surface area contributed by atoms with Crippen molar-refractivity contribution in [2.24, 2.45) is 0 Å². The second kappa shape index (κ2) is 7.80. The van der Waals surface area contributed by atoms with Crippen LogP contribution in [0.5, 0.6) is 11.5 Å². The van der Waals surface area contributed by atoms with E-state index in [2.05, 4.69) is 5.32 Å². The van der Waals surface area contributed by atoms with E-state index in [0.717, 1.165) is 11.3 Å². The third-order valence-electron chi connectivity index (χ3n) is 4.78. The predicted molar refractivity (Wildman–Crippen MR) is 109 cm³/mol. The van der Waals surface area contributed by atoms with E-state index in [0.29, 0.717) is 27.7 Å². The van der Waals surface area contributed by atoms with Gasteiger partial charge >= 0.3 is 0 Å². The fraction of sp³-hybridized carbons (Fsp3) is 0.238. The number of benzene rings is 2. The molecule has 0 amide bonds. The summed E-state index contributed by atoms with van der Waals surface area (Å²) in [6, 6.07) is 14.3. The highest BCUT2D eigenvalue weighted by Gasteiger charge is 2.34. The third-order valence-corrected chi connectivity index (χ3v) is 5.17. The molecule has 0 bridgehead atoms. The quantitative estimate of drug-likeness (QED) is 0.628. The number of nitrogens with one attached hydrogen (secondary N) is 1. The molecule has 1 atom stereocenters. The van der Waals surface area contributed by atoms with Crippen LogP contribution in [0.1, 0.15) is 28.9 Å². The molecule has 1 N–H and O–H groups in total. The second-order valence-corrected chi connectivity index (χ2v) is 6.63. The monoisotopic (exact) mass is 382 g/mol. The van der Waals surface area contributed by atoms with Gasteiger partial charge in [0.25, 0.3) is 0 Å². The van der Waals surface area contributed by atoms with E-state index in [-0.39, 0.29) is 5.78 Å². The first-order valence-electron chi connectivity index (χ1n) is 8.54. The molecule has 140 valence electrons. The summed E-state index contributed by atoms with van der Waals surface area (Å²) in [4.78, 5) is 15.2. The number of ketones is 1. The summed E-state index contributed by atoms with van der Waals surface area (Å²) in [5.41, 5.74) is 2.86. The number of hydrogen-bond acceptors (Lipinski definition) is 4. The number of rotatable bonds is 5. The molecule has 0 spiro atoms. The Labute approximate surface area is 164 Å². The zero-order chi connectivity index (χ0) is 19.6. The van der Waals surface area contributed by atoms with Crippen LogP contribution < -0.4 is 14.8 Å². The van der Waals surface area contributed by atoms with Crippen LogP contribution in [-0.4, -0.2) is 37.1 Å². The molecule has 0 aromatic heterocycles. The van der Waals surface area contributed by atoms with Gasteiger partial charge in [-0.25, -0.2) is 0 Å². The van der Waals surface area contributed by atoms with Gasteiger partial charge in [0.05, 0.1) is 20.3 Å². The highest BCUT2D eigenvalue weighted by atomic mass is 32.1. The summed E-state index contributed by atoms with van der Waals surface area (Å²) in [5.74, 6) is 1.29. The average Bonchev–Trinajstić information content (AvgIpc) is 2.71. The number of Topliss-reactive ketones (excluding diaryl/α,β-unsaturated/α-hetero) is 1. The molecule has 0 aliphatic carbocycles. The van der Waals surface area contributed by atoms with Gasteiger partial charge in [0.2, 0.25) is 0 Å². The Kier molecular flexibility index (Phi) is 5.46. The standard InChI is InChI=1S/C21H22N2O3S/c1-13-18(20(24)14-8-6-5-7-9-14)19(22-21(27)23(13)2)16-12-15(25-3)10-11-17(16)26-4/h5-12,19H,1-4H3,(H,22,27). The summed E-state index contributed by atoms with van der Waals surface area (Å²) >= 11 is 5.48. The number of thiocarbonyl (C=S) groups is 1. The lowest BCUT2D eigenvalue weighted by atomic mass is 9.88. The molecule has 1 heterocycles. The number of allylic oxidation sites excluding steroid dienone is 1. The van der Waals surface area contributed by atoms with E-state index in [4.69, 9.17) is 21.7 Å². The van der Waals surface area contributed by atoms with Crippen LogP contribution in [0.4, 0.5) is 0 Å². The summed E-state index contributed by atoms with van der Waals surface area (Å²) in [7, 11) is 5.06. The number of carbonyl (C=O) groups is 1. The molecule has 0 saturated carbocycles. The second-order valence-electron chi connectivity index (χ2n) is 6.24. The lowest BCUT2D eigenvalue weighted by Gasteiger charge is -2.36. The largest absolute Gasteiger partial charge is 0.497 e. The van der Waals surface area contributed by atoms with Crippen molar-refractivity contribution in [3.05, 3.63) is 70.9 Å². The predicted octanol–water partition coefficient (Wildman–Crippen LogP) is 3.72. The van der Waals surface area contributed by atoms with Crippen molar-refractivity contribution >= 4 is 23.1 Å². The van der Waals surface area contributed by atoms with E-state index < -0.39 is 6.04 Å². The molecule has 2 aromatic rings. The molecule has 6 heteroatoms. The Morgan fingerprint density at radius 2 is 1.81 bits per heavy atom. The van der Waals surface area contributed by atoms with E-state index >= 15 is 0 Å². The van der Waals surface area contributed by atoms with Crippen molar-refractivity contribution in [3.63, 3.8) is 0 Å². The molecule has 1 aliphatic heterocycles. The number of ether oxygens (including phenoxy) is 2. The number of hydrogen-bond donors (Lipinski definition) is 1. The lowest BCUT2D eigenvalue weighted by Crippen LogP contribution is -2.45. The first kappa shape index (κ1) is 18.9. The summed E-state index contributed by atoms with van der Waals surface area (Å²) < 4.78 is 10.9. The lowest BCUT2D eigenvalue weighted by molar-refractivity contribution is 0.102. The molecular weight excluding hydrogens is 360 g/mol. The maximum Gasteiger partial charge on any atom is 0.193 e. The third kappa shape index (κ3) is 3.53. The molecule has 1 aliphatic rings. The number of methoxy groups -OCH3 is 2. The highest BCUT2D eigenvalue weighted by molar-refractivity contribution is 7.80. The van der Waals surface area contributed by atoms with Crippen LogP contribution in [0.25, 0.3) is 0 Å². The van der Waals surface area contributed by atoms with Gasteiger partial charge in [-0.15, -0.1) is 0 Å². The minimum Gasteiger partial charge on any atom is -0.497 e. The van der Waals surface area contributed by atoms with Crippen LogP contribution >= 0.6 is 12.2 Å². The molecule has 3 rings (SSSR count). The van der Waals surface area contributed by atoms with Crippen LogP contribution in [0, 0.1) is 0 Å². The Morgan fingerprint density at radius 3 is 2.44 bits per heavy atom. The Hall–Kier alpha value is -2.86. The van der Waals surface area contributed by atoms with Crippen molar-refractivity contribution in [1.29, 1.82) is 0 Å². The minimum absolute atomic E-state index is 0.0511. The molecular formula is C21H22N2O3S. The van der Waals surface area contributed by atoms with Gasteiger partial charge in [-0.1, -0.05) is 30.3 Å². The molecule has 1 unspecified atom stereocenters.